The Balaban J connectivity index is 2.11. The van der Waals surface area contributed by atoms with Gasteiger partial charge in [-0.1, -0.05) is 29.9 Å². The van der Waals surface area contributed by atoms with Gasteiger partial charge in [0.25, 0.3) is 0 Å². The molecule has 0 aliphatic carbocycles. The summed E-state index contributed by atoms with van der Waals surface area (Å²) < 4.78 is 0. The zero-order valence-electron chi connectivity index (χ0n) is 10.0. The summed E-state index contributed by atoms with van der Waals surface area (Å²) in [6.45, 7) is 1.94. The molecule has 1 aromatic carbocycles. The Morgan fingerprint density at radius 2 is 1.63 bits per heavy atom. The predicted octanol–water partition coefficient (Wildman–Crippen LogP) is 0.717. The second-order valence-corrected chi connectivity index (χ2v) is 4.54. The van der Waals surface area contributed by atoms with Gasteiger partial charge in [-0.25, -0.2) is 4.79 Å². The first-order valence-electron chi connectivity index (χ1n) is 5.50. The number of carbonyl (C=O) groups excluding carboxylic acids is 3. The van der Waals surface area contributed by atoms with E-state index in [1.165, 1.54) is 0 Å². The van der Waals surface area contributed by atoms with Gasteiger partial charge in [0.05, 0.1) is 0 Å². The average molecular weight is 277 g/mol. The lowest BCUT2D eigenvalue weighted by Gasteiger charge is -2.21. The van der Waals surface area contributed by atoms with E-state index in [1.54, 1.807) is 12.1 Å². The minimum absolute atomic E-state index is 0.0475. The molecule has 0 spiro atoms. The molecule has 0 unspecified atom stereocenters. The highest BCUT2D eigenvalue weighted by Crippen LogP contribution is 2.12. The molecule has 6 nitrogen and oxygen atoms in total. The Bertz CT molecular complexity index is 548. The summed E-state index contributed by atoms with van der Waals surface area (Å²) in [5.74, 6) is -2.65. The number of imide groups is 2. The van der Waals surface area contributed by atoms with Gasteiger partial charge >= 0.3 is 6.03 Å². The fourth-order valence-electron chi connectivity index (χ4n) is 1.61. The first-order chi connectivity index (χ1) is 8.97. The van der Waals surface area contributed by atoms with Crippen molar-refractivity contribution in [1.82, 2.24) is 10.6 Å². The van der Waals surface area contributed by atoms with Crippen LogP contribution in [0.1, 0.15) is 5.56 Å². The van der Waals surface area contributed by atoms with E-state index in [-0.39, 0.29) is 4.99 Å². The Kier molecular flexibility index (Phi) is 3.57. The van der Waals surface area contributed by atoms with Crippen molar-refractivity contribution in [3.05, 3.63) is 29.8 Å². The third-order valence-corrected chi connectivity index (χ3v) is 2.92. The van der Waals surface area contributed by atoms with E-state index in [9.17, 15) is 14.4 Å². The van der Waals surface area contributed by atoms with Crippen molar-refractivity contribution in [3.63, 3.8) is 0 Å². The van der Waals surface area contributed by atoms with Gasteiger partial charge in [-0.3, -0.25) is 20.2 Å². The molecule has 2 rings (SSSR count). The quantitative estimate of drug-likeness (QED) is 0.547. The molecule has 0 saturated carbocycles. The minimum Gasteiger partial charge on any atom is -0.349 e. The Morgan fingerprint density at radius 1 is 1.11 bits per heavy atom. The number of hydrogen-bond donors (Lipinski definition) is 3. The van der Waals surface area contributed by atoms with Crippen LogP contribution in [0.3, 0.4) is 0 Å². The van der Waals surface area contributed by atoms with Gasteiger partial charge in [0.15, 0.2) is 5.92 Å². The standard InChI is InChI=1S/C12H11N3O3S/c1-6-2-4-7(5-3-6)13-11(19)8-9(16)14-12(18)15-10(8)17/h2-5,8H,1H3,(H,13,19)(H2,14,15,16,17,18). The molecule has 1 aliphatic rings. The first kappa shape index (κ1) is 13.2. The number of nitrogens with one attached hydrogen (secondary N) is 3. The van der Waals surface area contributed by atoms with E-state index in [1.807, 2.05) is 29.7 Å². The van der Waals surface area contributed by atoms with Crippen LogP contribution in [0, 0.1) is 12.8 Å². The van der Waals surface area contributed by atoms with E-state index in [0.29, 0.717) is 5.69 Å². The van der Waals surface area contributed by atoms with Gasteiger partial charge in [0.2, 0.25) is 11.8 Å². The SMILES string of the molecule is Cc1ccc(NC(=S)C2C(=O)NC(=O)NC2=O)cc1. The van der Waals surface area contributed by atoms with Crippen LogP contribution in [0.15, 0.2) is 24.3 Å². The van der Waals surface area contributed by atoms with Crippen LogP contribution in [0.2, 0.25) is 0 Å². The maximum absolute atomic E-state index is 11.6. The summed E-state index contributed by atoms with van der Waals surface area (Å²) in [4.78, 5) is 34.1. The van der Waals surface area contributed by atoms with Crippen LogP contribution in [-0.2, 0) is 9.59 Å². The molecule has 1 aliphatic heterocycles. The Hall–Kier alpha value is -2.28. The van der Waals surface area contributed by atoms with Crippen LogP contribution in [0.25, 0.3) is 0 Å². The highest BCUT2D eigenvalue weighted by atomic mass is 32.1. The monoisotopic (exact) mass is 277 g/mol. The number of thiocarbonyl (C=S) groups is 1. The van der Waals surface area contributed by atoms with Gasteiger partial charge in [0.1, 0.15) is 4.99 Å². The Labute approximate surface area is 114 Å². The number of aryl methyl sites for hydroxylation is 1. The maximum Gasteiger partial charge on any atom is 0.328 e. The molecule has 7 heteroatoms. The van der Waals surface area contributed by atoms with Crippen molar-refractivity contribution in [2.75, 3.05) is 5.32 Å². The molecule has 1 saturated heterocycles. The number of anilines is 1. The molecule has 0 radical (unpaired) electrons. The lowest BCUT2D eigenvalue weighted by Crippen LogP contribution is -2.58. The largest absolute Gasteiger partial charge is 0.349 e. The first-order valence-corrected chi connectivity index (χ1v) is 5.91. The second-order valence-electron chi connectivity index (χ2n) is 4.10. The molecular weight excluding hydrogens is 266 g/mol. The van der Waals surface area contributed by atoms with Crippen molar-refractivity contribution in [3.8, 4) is 0 Å². The molecule has 19 heavy (non-hydrogen) atoms. The number of amides is 4. The molecule has 0 bridgehead atoms. The number of carbonyl (C=O) groups is 3. The average Bonchev–Trinajstić information content (AvgIpc) is 2.30. The van der Waals surface area contributed by atoms with E-state index >= 15 is 0 Å². The van der Waals surface area contributed by atoms with Gasteiger partial charge in [-0.15, -0.1) is 0 Å². The molecule has 1 fully saturated rings. The molecule has 1 heterocycles. The predicted molar refractivity (Wildman–Crippen MR) is 72.6 cm³/mol. The van der Waals surface area contributed by atoms with Crippen LogP contribution in [-0.4, -0.2) is 22.8 Å². The van der Waals surface area contributed by atoms with E-state index in [4.69, 9.17) is 12.2 Å². The van der Waals surface area contributed by atoms with Crippen molar-refractivity contribution in [1.29, 1.82) is 0 Å². The van der Waals surface area contributed by atoms with Crippen LogP contribution in [0.4, 0.5) is 10.5 Å². The number of rotatable bonds is 2. The van der Waals surface area contributed by atoms with Crippen LogP contribution in [0.5, 0.6) is 0 Å². The highest BCUT2D eigenvalue weighted by molar-refractivity contribution is 7.80. The molecule has 3 N–H and O–H groups in total. The van der Waals surface area contributed by atoms with Gasteiger partial charge in [-0.2, -0.15) is 0 Å². The summed E-state index contributed by atoms with van der Waals surface area (Å²) in [5, 5.41) is 6.81. The smallest absolute Gasteiger partial charge is 0.328 e. The summed E-state index contributed by atoms with van der Waals surface area (Å²) in [6, 6.07) is 6.48. The fraction of sp³-hybridized carbons (Fsp3) is 0.167. The lowest BCUT2D eigenvalue weighted by atomic mass is 10.1. The molecule has 98 valence electrons. The number of benzene rings is 1. The molecule has 1 aromatic rings. The Morgan fingerprint density at radius 3 is 2.16 bits per heavy atom. The van der Waals surface area contributed by atoms with Gasteiger partial charge in [0, 0.05) is 5.69 Å². The third-order valence-electron chi connectivity index (χ3n) is 2.58. The van der Waals surface area contributed by atoms with Gasteiger partial charge < -0.3 is 5.32 Å². The zero-order chi connectivity index (χ0) is 14.0. The van der Waals surface area contributed by atoms with E-state index in [2.05, 4.69) is 5.32 Å². The van der Waals surface area contributed by atoms with Crippen molar-refractivity contribution in [2.45, 2.75) is 6.92 Å². The van der Waals surface area contributed by atoms with Crippen molar-refractivity contribution in [2.24, 2.45) is 5.92 Å². The number of hydrogen-bond acceptors (Lipinski definition) is 4. The molecule has 0 atom stereocenters. The second kappa shape index (κ2) is 5.15. The molecule has 4 amide bonds. The maximum atomic E-state index is 11.6. The summed E-state index contributed by atoms with van der Waals surface area (Å²) in [6.07, 6.45) is 0. The topological polar surface area (TPSA) is 87.3 Å². The van der Waals surface area contributed by atoms with E-state index in [0.717, 1.165) is 5.56 Å². The van der Waals surface area contributed by atoms with E-state index < -0.39 is 23.8 Å². The number of barbiturate groups is 1. The van der Waals surface area contributed by atoms with Crippen LogP contribution >= 0.6 is 12.2 Å². The van der Waals surface area contributed by atoms with Crippen molar-refractivity contribution < 1.29 is 14.4 Å². The summed E-state index contributed by atoms with van der Waals surface area (Å²) >= 11 is 5.04. The summed E-state index contributed by atoms with van der Waals surface area (Å²) in [5.41, 5.74) is 1.75. The molecular formula is C12H11N3O3S. The zero-order valence-corrected chi connectivity index (χ0v) is 10.8. The van der Waals surface area contributed by atoms with Crippen molar-refractivity contribution >= 4 is 40.7 Å². The third kappa shape index (κ3) is 2.94. The van der Waals surface area contributed by atoms with Gasteiger partial charge in [-0.05, 0) is 19.1 Å². The lowest BCUT2D eigenvalue weighted by molar-refractivity contribution is -0.132. The number of urea groups is 1. The fourth-order valence-corrected chi connectivity index (χ4v) is 1.94. The van der Waals surface area contributed by atoms with Crippen LogP contribution < -0.4 is 16.0 Å². The highest BCUT2D eigenvalue weighted by Gasteiger charge is 2.37. The normalized spacial score (nSPS) is 15.7. The minimum atomic E-state index is -1.20. The summed E-state index contributed by atoms with van der Waals surface area (Å²) in [7, 11) is 0. The molecule has 0 aromatic heterocycles.